The van der Waals surface area contributed by atoms with E-state index in [4.69, 9.17) is 28.4 Å². The molecule has 0 aromatic rings. The first-order valence-corrected chi connectivity index (χ1v) is 10.9. The van der Waals surface area contributed by atoms with Crippen LogP contribution >= 0.6 is 0 Å². The van der Waals surface area contributed by atoms with Gasteiger partial charge in [-0.25, -0.2) is 0 Å². The number of hydrogen-bond acceptors (Lipinski definition) is 12. The van der Waals surface area contributed by atoms with Gasteiger partial charge in [0, 0.05) is 7.11 Å². The largest absolute Gasteiger partial charge is 0.388 e. The van der Waals surface area contributed by atoms with Gasteiger partial charge in [0.15, 0.2) is 12.6 Å². The summed E-state index contributed by atoms with van der Waals surface area (Å²) < 4.78 is 33.9. The third-order valence-corrected chi connectivity index (χ3v) is 6.48. The molecular formula is C20H36O12. The van der Waals surface area contributed by atoms with Crippen LogP contribution in [0.25, 0.3) is 0 Å². The Labute approximate surface area is 186 Å². The van der Waals surface area contributed by atoms with Crippen LogP contribution in [-0.2, 0) is 28.4 Å². The third-order valence-electron chi connectivity index (χ3n) is 6.48. The van der Waals surface area contributed by atoms with Crippen molar-refractivity contribution in [3.05, 3.63) is 0 Å². The number of methoxy groups -OCH3 is 1. The van der Waals surface area contributed by atoms with Crippen molar-refractivity contribution >= 4 is 0 Å². The van der Waals surface area contributed by atoms with Crippen LogP contribution in [0.1, 0.15) is 27.7 Å². The summed E-state index contributed by atoms with van der Waals surface area (Å²) in [5.41, 5.74) is 0. The Morgan fingerprint density at radius 1 is 0.469 bits per heavy atom. The van der Waals surface area contributed by atoms with Crippen molar-refractivity contribution in [2.75, 3.05) is 7.11 Å². The van der Waals surface area contributed by atoms with Crippen LogP contribution in [0.4, 0.5) is 0 Å². The maximum atomic E-state index is 10.7. The third kappa shape index (κ3) is 4.97. The normalized spacial score (nSPS) is 55.0. The summed E-state index contributed by atoms with van der Waals surface area (Å²) in [7, 11) is 1.30. The number of aliphatic hydroxyl groups is 6. The quantitative estimate of drug-likeness (QED) is 0.245. The van der Waals surface area contributed by atoms with Crippen LogP contribution in [0.15, 0.2) is 0 Å². The summed E-state index contributed by atoms with van der Waals surface area (Å²) in [6.07, 6.45) is -16.7. The standard InChI is InChI=1S/C20H36O12/c1-6-10(21)13(24)16(9(4)28-6)31-20-18(15(26)12(23)8(3)30-20)32-19-17(27-5)14(25)11(22)7(2)29-19/h6-26H,1-5H3/t6?,7?,8?,9-,10?,11?,12?,13?,14?,15?,16?,17?,18?,19?,20?/m0/s1. The molecule has 0 aromatic heterocycles. The number of aliphatic hydroxyl groups excluding tert-OH is 6. The van der Waals surface area contributed by atoms with Gasteiger partial charge in [-0.05, 0) is 27.7 Å². The second kappa shape index (κ2) is 10.4. The van der Waals surface area contributed by atoms with E-state index in [1.54, 1.807) is 13.8 Å². The molecule has 15 atom stereocenters. The number of ether oxygens (including phenoxy) is 6. The van der Waals surface area contributed by atoms with Gasteiger partial charge in [-0.3, -0.25) is 0 Å². The van der Waals surface area contributed by atoms with Crippen LogP contribution < -0.4 is 0 Å². The van der Waals surface area contributed by atoms with Gasteiger partial charge in [-0.2, -0.15) is 0 Å². The topological polar surface area (TPSA) is 177 Å². The van der Waals surface area contributed by atoms with Crippen molar-refractivity contribution in [3.63, 3.8) is 0 Å². The van der Waals surface area contributed by atoms with E-state index >= 15 is 0 Å². The summed E-state index contributed by atoms with van der Waals surface area (Å²) in [6, 6.07) is 0. The van der Waals surface area contributed by atoms with E-state index in [1.165, 1.54) is 21.0 Å². The molecule has 14 unspecified atom stereocenters. The minimum atomic E-state index is -1.48. The second-order valence-electron chi connectivity index (χ2n) is 8.81. The van der Waals surface area contributed by atoms with Crippen molar-refractivity contribution in [3.8, 4) is 0 Å². The molecular weight excluding hydrogens is 432 g/mol. The molecule has 3 saturated heterocycles. The van der Waals surface area contributed by atoms with Crippen LogP contribution in [0.3, 0.4) is 0 Å². The minimum absolute atomic E-state index is 0.613. The summed E-state index contributed by atoms with van der Waals surface area (Å²) >= 11 is 0. The average molecular weight is 468 g/mol. The molecule has 6 N–H and O–H groups in total. The Hall–Kier alpha value is -0.480. The van der Waals surface area contributed by atoms with Crippen molar-refractivity contribution in [1.82, 2.24) is 0 Å². The zero-order chi connectivity index (χ0) is 23.9. The fourth-order valence-electron chi connectivity index (χ4n) is 4.37. The molecule has 0 aromatic carbocycles. The van der Waals surface area contributed by atoms with Gasteiger partial charge in [0.05, 0.1) is 24.4 Å². The Balaban J connectivity index is 1.81. The van der Waals surface area contributed by atoms with Crippen molar-refractivity contribution in [2.24, 2.45) is 0 Å². The first-order chi connectivity index (χ1) is 15.0. The molecule has 0 aliphatic carbocycles. The maximum Gasteiger partial charge on any atom is 0.187 e. The lowest BCUT2D eigenvalue weighted by Gasteiger charge is -2.48. The number of hydrogen-bond donors (Lipinski definition) is 6. The van der Waals surface area contributed by atoms with Crippen molar-refractivity contribution < 1.29 is 59.1 Å². The molecule has 32 heavy (non-hydrogen) atoms. The molecule has 12 heteroatoms. The summed E-state index contributed by atoms with van der Waals surface area (Å²) in [5, 5.41) is 62.1. The highest BCUT2D eigenvalue weighted by Gasteiger charge is 2.52. The second-order valence-corrected chi connectivity index (χ2v) is 8.81. The van der Waals surface area contributed by atoms with Crippen molar-refractivity contribution in [2.45, 2.75) is 120 Å². The monoisotopic (exact) mass is 468 g/mol. The molecule has 3 aliphatic rings. The maximum absolute atomic E-state index is 10.7. The van der Waals surface area contributed by atoms with Gasteiger partial charge in [0.1, 0.15) is 54.9 Å². The van der Waals surface area contributed by atoms with E-state index in [-0.39, 0.29) is 0 Å². The lowest BCUT2D eigenvalue weighted by atomic mass is 9.95. The van der Waals surface area contributed by atoms with E-state index in [0.717, 1.165) is 0 Å². The predicted molar refractivity (Wildman–Crippen MR) is 105 cm³/mol. The highest BCUT2D eigenvalue weighted by Crippen LogP contribution is 2.33. The Morgan fingerprint density at radius 2 is 0.844 bits per heavy atom. The summed E-state index contributed by atoms with van der Waals surface area (Å²) in [6.45, 7) is 6.35. The van der Waals surface area contributed by atoms with Gasteiger partial charge in [-0.15, -0.1) is 0 Å². The summed E-state index contributed by atoms with van der Waals surface area (Å²) in [5.74, 6) is 0. The van der Waals surface area contributed by atoms with E-state index in [2.05, 4.69) is 0 Å². The zero-order valence-corrected chi connectivity index (χ0v) is 18.8. The van der Waals surface area contributed by atoms with E-state index < -0.39 is 91.9 Å². The molecule has 12 nitrogen and oxygen atoms in total. The van der Waals surface area contributed by atoms with Gasteiger partial charge >= 0.3 is 0 Å². The minimum Gasteiger partial charge on any atom is -0.388 e. The fourth-order valence-corrected chi connectivity index (χ4v) is 4.37. The van der Waals surface area contributed by atoms with Crippen LogP contribution in [0.5, 0.6) is 0 Å². The fraction of sp³-hybridized carbons (Fsp3) is 1.00. The van der Waals surface area contributed by atoms with E-state index in [9.17, 15) is 30.6 Å². The molecule has 188 valence electrons. The molecule has 0 bridgehead atoms. The summed E-state index contributed by atoms with van der Waals surface area (Å²) in [4.78, 5) is 0. The van der Waals surface area contributed by atoms with E-state index in [1.807, 2.05) is 0 Å². The Morgan fingerprint density at radius 3 is 1.34 bits per heavy atom. The molecule has 3 rings (SSSR count). The molecule has 0 radical (unpaired) electrons. The lowest BCUT2D eigenvalue weighted by Crippen LogP contribution is -2.65. The highest BCUT2D eigenvalue weighted by atomic mass is 16.8. The van der Waals surface area contributed by atoms with Crippen LogP contribution in [0, 0.1) is 0 Å². The predicted octanol–water partition coefficient (Wildman–Crippen LogP) is -2.77. The molecule has 3 aliphatic heterocycles. The van der Waals surface area contributed by atoms with Crippen LogP contribution in [0.2, 0.25) is 0 Å². The molecule has 0 amide bonds. The SMILES string of the molecule is COC1C(OC2C(OC3C(O)C(O)C(C)O[C@H]3C)OC(C)C(O)C2O)OC(C)C(O)C1O. The number of rotatable bonds is 5. The molecule has 3 fully saturated rings. The van der Waals surface area contributed by atoms with Gasteiger partial charge in [0.25, 0.3) is 0 Å². The van der Waals surface area contributed by atoms with E-state index in [0.29, 0.717) is 0 Å². The van der Waals surface area contributed by atoms with Gasteiger partial charge < -0.3 is 59.1 Å². The average Bonchev–Trinajstić information content (AvgIpc) is 2.74. The van der Waals surface area contributed by atoms with Crippen molar-refractivity contribution in [1.29, 1.82) is 0 Å². The van der Waals surface area contributed by atoms with Crippen LogP contribution in [-0.4, -0.2) is 130 Å². The van der Waals surface area contributed by atoms with Gasteiger partial charge in [0.2, 0.25) is 0 Å². The first kappa shape index (κ1) is 26.1. The molecule has 0 saturated carbocycles. The lowest BCUT2D eigenvalue weighted by molar-refractivity contribution is -0.378. The first-order valence-electron chi connectivity index (χ1n) is 10.9. The molecule has 0 spiro atoms. The zero-order valence-electron chi connectivity index (χ0n) is 18.8. The smallest absolute Gasteiger partial charge is 0.187 e. The van der Waals surface area contributed by atoms with Gasteiger partial charge in [-0.1, -0.05) is 0 Å². The Bertz CT molecular complexity index is 609. The highest BCUT2D eigenvalue weighted by molar-refractivity contribution is 4.95. The Kier molecular flexibility index (Phi) is 8.51. The molecule has 3 heterocycles.